The predicted octanol–water partition coefficient (Wildman–Crippen LogP) is -2.22. The number of carbonyl (C=O) groups excluding carboxylic acids is 4. The molecule has 40 heavy (non-hydrogen) atoms. The van der Waals surface area contributed by atoms with Crippen LogP contribution < -0.4 is 38.9 Å². The molecule has 5 unspecified atom stereocenters. The molecule has 15 nitrogen and oxygen atoms in total. The molecular formula is C25H40N8O7. The van der Waals surface area contributed by atoms with E-state index in [1.54, 1.807) is 6.92 Å². The summed E-state index contributed by atoms with van der Waals surface area (Å²) < 4.78 is 0. The summed E-state index contributed by atoms with van der Waals surface area (Å²) in [5.74, 6) is -5.03. The van der Waals surface area contributed by atoms with E-state index < -0.39 is 60.2 Å². The van der Waals surface area contributed by atoms with Gasteiger partial charge in [0, 0.05) is 13.0 Å². The molecule has 0 aliphatic carbocycles. The number of primary amides is 1. The summed E-state index contributed by atoms with van der Waals surface area (Å²) in [6.45, 7) is 3.79. The van der Waals surface area contributed by atoms with Gasteiger partial charge in [0.15, 0.2) is 5.96 Å². The zero-order valence-electron chi connectivity index (χ0n) is 22.6. The first-order valence-corrected chi connectivity index (χ1v) is 12.8. The van der Waals surface area contributed by atoms with Gasteiger partial charge in [-0.15, -0.1) is 0 Å². The normalized spacial score (nSPS) is 14.5. The highest BCUT2D eigenvalue weighted by atomic mass is 16.4. The molecule has 0 heterocycles. The molecule has 0 bridgehead atoms. The van der Waals surface area contributed by atoms with E-state index >= 15 is 0 Å². The molecular weight excluding hydrogens is 524 g/mol. The summed E-state index contributed by atoms with van der Waals surface area (Å²) in [7, 11) is 0. The third-order valence-electron chi connectivity index (χ3n) is 6.17. The number of hydrogen-bond donors (Lipinski definition) is 9. The van der Waals surface area contributed by atoms with E-state index in [0.29, 0.717) is 12.0 Å². The molecule has 0 radical (unpaired) electrons. The number of nitrogens with two attached hydrogens (primary N) is 4. The number of aliphatic imine (C=N–C) groups is 1. The number of carbonyl (C=O) groups is 5. The average Bonchev–Trinajstić information content (AvgIpc) is 2.89. The van der Waals surface area contributed by atoms with Gasteiger partial charge in [0.25, 0.3) is 0 Å². The average molecular weight is 565 g/mol. The number of phenols is 1. The molecule has 0 spiro atoms. The minimum Gasteiger partial charge on any atom is -0.508 e. The zero-order valence-corrected chi connectivity index (χ0v) is 22.6. The Morgan fingerprint density at radius 1 is 0.900 bits per heavy atom. The van der Waals surface area contributed by atoms with E-state index in [1.807, 2.05) is 6.92 Å². The summed E-state index contributed by atoms with van der Waals surface area (Å²) in [5.41, 5.74) is 22.4. The number of nitrogens with zero attached hydrogens (tertiary/aromatic N) is 1. The van der Waals surface area contributed by atoms with E-state index in [9.17, 15) is 34.2 Å². The van der Waals surface area contributed by atoms with Gasteiger partial charge in [0.2, 0.25) is 23.6 Å². The zero-order chi connectivity index (χ0) is 30.4. The van der Waals surface area contributed by atoms with Gasteiger partial charge in [-0.1, -0.05) is 32.4 Å². The van der Waals surface area contributed by atoms with Crippen LogP contribution in [0.25, 0.3) is 0 Å². The quantitative estimate of drug-likeness (QED) is 0.0558. The molecule has 13 N–H and O–H groups in total. The van der Waals surface area contributed by atoms with Crippen LogP contribution in [0.5, 0.6) is 5.75 Å². The van der Waals surface area contributed by atoms with Gasteiger partial charge >= 0.3 is 5.97 Å². The van der Waals surface area contributed by atoms with Crippen LogP contribution in [-0.4, -0.2) is 76.5 Å². The van der Waals surface area contributed by atoms with Gasteiger partial charge in [0.1, 0.15) is 23.9 Å². The van der Waals surface area contributed by atoms with Gasteiger partial charge in [-0.3, -0.25) is 24.2 Å². The van der Waals surface area contributed by atoms with Crippen molar-refractivity contribution in [3.8, 4) is 5.75 Å². The van der Waals surface area contributed by atoms with Crippen molar-refractivity contribution < 1.29 is 34.2 Å². The summed E-state index contributed by atoms with van der Waals surface area (Å²) in [4.78, 5) is 66.2. The van der Waals surface area contributed by atoms with Crippen LogP contribution in [-0.2, 0) is 30.4 Å². The largest absolute Gasteiger partial charge is 0.508 e. The van der Waals surface area contributed by atoms with Crippen LogP contribution in [0.3, 0.4) is 0 Å². The van der Waals surface area contributed by atoms with Crippen molar-refractivity contribution in [3.63, 3.8) is 0 Å². The summed E-state index contributed by atoms with van der Waals surface area (Å²) in [5, 5.41) is 26.3. The van der Waals surface area contributed by atoms with Crippen molar-refractivity contribution in [3.05, 3.63) is 29.8 Å². The van der Waals surface area contributed by atoms with Crippen molar-refractivity contribution in [2.45, 2.75) is 70.1 Å². The number of aromatic hydroxyl groups is 1. The Labute approximate surface area is 232 Å². The van der Waals surface area contributed by atoms with Crippen LogP contribution in [0.15, 0.2) is 29.3 Å². The molecule has 15 heteroatoms. The van der Waals surface area contributed by atoms with Crippen LogP contribution >= 0.6 is 0 Å². The minimum absolute atomic E-state index is 0.0195. The standard InChI is InChI=1S/C25H40N8O7/c1-3-13(2)20(27)23(38)31-16(5-4-10-30-25(28)29)21(36)32-17(12-19(26)35)22(37)33-18(24(39)40)11-14-6-8-15(34)9-7-14/h6-9,13,16-18,20,34H,3-5,10-12,27H2,1-2H3,(H2,26,35)(H,31,38)(H,32,36)(H,33,37)(H,39,40)(H4,28,29,30). The van der Waals surface area contributed by atoms with Gasteiger partial charge in [-0.2, -0.15) is 0 Å². The smallest absolute Gasteiger partial charge is 0.326 e. The number of benzene rings is 1. The Hall–Kier alpha value is -4.40. The van der Waals surface area contributed by atoms with Gasteiger partial charge in [0.05, 0.1) is 12.5 Å². The summed E-state index contributed by atoms with van der Waals surface area (Å²) in [6.07, 6.45) is 0.172. The number of amides is 4. The maximum absolute atomic E-state index is 13.2. The second-order valence-electron chi connectivity index (χ2n) is 9.42. The Kier molecular flexibility index (Phi) is 13.9. The van der Waals surface area contributed by atoms with Gasteiger partial charge in [-0.05, 0) is 36.5 Å². The number of carboxylic acids is 1. The lowest BCUT2D eigenvalue weighted by molar-refractivity contribution is -0.142. The molecule has 0 aromatic heterocycles. The fourth-order valence-corrected chi connectivity index (χ4v) is 3.58. The van der Waals surface area contributed by atoms with Crippen LogP contribution in [0, 0.1) is 5.92 Å². The lowest BCUT2D eigenvalue weighted by Gasteiger charge is -2.25. The monoisotopic (exact) mass is 564 g/mol. The van der Waals surface area contributed by atoms with Crippen molar-refractivity contribution in [2.75, 3.05) is 6.54 Å². The Morgan fingerprint density at radius 2 is 1.45 bits per heavy atom. The molecule has 0 aliphatic rings. The van der Waals surface area contributed by atoms with Crippen molar-refractivity contribution in [2.24, 2.45) is 33.8 Å². The van der Waals surface area contributed by atoms with E-state index in [0.717, 1.165) is 0 Å². The number of carboxylic acid groups (broad SMARTS) is 1. The first kappa shape index (κ1) is 33.6. The molecule has 0 saturated heterocycles. The number of guanidine groups is 1. The highest BCUT2D eigenvalue weighted by molar-refractivity contribution is 5.96. The molecule has 1 aromatic carbocycles. The Bertz CT molecular complexity index is 1060. The first-order chi connectivity index (χ1) is 18.7. The lowest BCUT2D eigenvalue weighted by Crippen LogP contribution is -2.58. The molecule has 0 fully saturated rings. The lowest BCUT2D eigenvalue weighted by atomic mass is 9.98. The molecule has 222 valence electrons. The highest BCUT2D eigenvalue weighted by Crippen LogP contribution is 2.12. The van der Waals surface area contributed by atoms with Crippen LogP contribution in [0.4, 0.5) is 0 Å². The van der Waals surface area contributed by atoms with E-state index in [4.69, 9.17) is 22.9 Å². The van der Waals surface area contributed by atoms with Crippen LogP contribution in [0.1, 0.15) is 45.1 Å². The maximum Gasteiger partial charge on any atom is 0.326 e. The third kappa shape index (κ3) is 12.0. The second-order valence-corrected chi connectivity index (χ2v) is 9.42. The van der Waals surface area contributed by atoms with Crippen molar-refractivity contribution in [1.29, 1.82) is 0 Å². The number of aliphatic carboxylic acids is 1. The van der Waals surface area contributed by atoms with E-state index in [-0.39, 0.29) is 43.4 Å². The van der Waals surface area contributed by atoms with Gasteiger partial charge in [-0.25, -0.2) is 4.79 Å². The summed E-state index contributed by atoms with van der Waals surface area (Å²) >= 11 is 0. The van der Waals surface area contributed by atoms with Crippen molar-refractivity contribution in [1.82, 2.24) is 16.0 Å². The molecule has 5 atom stereocenters. The van der Waals surface area contributed by atoms with Gasteiger partial charge < -0.3 is 49.1 Å². The second kappa shape index (κ2) is 16.5. The molecule has 0 aliphatic heterocycles. The number of phenolic OH excluding ortho intramolecular Hbond substituents is 1. The molecule has 4 amide bonds. The topological polar surface area (TPSA) is 278 Å². The van der Waals surface area contributed by atoms with Crippen molar-refractivity contribution >= 4 is 35.6 Å². The summed E-state index contributed by atoms with van der Waals surface area (Å²) in [6, 6.07) is 0.660. The fourth-order valence-electron chi connectivity index (χ4n) is 3.58. The SMILES string of the molecule is CCC(C)C(N)C(=O)NC(CCCN=C(N)N)C(=O)NC(CC(N)=O)C(=O)NC(Cc1ccc(O)cc1)C(=O)O. The Balaban J connectivity index is 3.08. The molecule has 1 rings (SSSR count). The first-order valence-electron chi connectivity index (χ1n) is 12.8. The molecule has 1 aromatic rings. The minimum atomic E-state index is -1.54. The van der Waals surface area contributed by atoms with E-state index in [2.05, 4.69) is 20.9 Å². The fraction of sp³-hybridized carbons (Fsp3) is 0.520. The molecule has 0 saturated carbocycles. The third-order valence-corrected chi connectivity index (χ3v) is 6.17. The number of nitrogens with one attached hydrogen (secondary N) is 3. The number of hydrogen-bond acceptors (Lipinski definition) is 8. The van der Waals surface area contributed by atoms with Crippen LogP contribution in [0.2, 0.25) is 0 Å². The van der Waals surface area contributed by atoms with E-state index in [1.165, 1.54) is 24.3 Å². The predicted molar refractivity (Wildman–Crippen MR) is 146 cm³/mol. The number of rotatable bonds is 17. The highest BCUT2D eigenvalue weighted by Gasteiger charge is 2.31. The Morgan fingerprint density at radius 3 is 1.98 bits per heavy atom. The maximum atomic E-state index is 13.2.